The minimum atomic E-state index is 0.208. The van der Waals surface area contributed by atoms with E-state index in [1.54, 1.807) is 0 Å². The van der Waals surface area contributed by atoms with Crippen LogP contribution in [0, 0.1) is 23.7 Å². The quantitative estimate of drug-likeness (QED) is 0.414. The summed E-state index contributed by atoms with van der Waals surface area (Å²) in [4.78, 5) is 0. The third-order valence-electron chi connectivity index (χ3n) is 2.20. The van der Waals surface area contributed by atoms with Crippen molar-refractivity contribution in [3.8, 4) is 12.3 Å². The van der Waals surface area contributed by atoms with Crippen molar-refractivity contribution in [1.82, 2.24) is 0 Å². The van der Waals surface area contributed by atoms with Gasteiger partial charge < -0.3 is 4.74 Å². The van der Waals surface area contributed by atoms with Crippen molar-refractivity contribution in [2.45, 2.75) is 6.42 Å². The molecule has 2 atom stereocenters. The summed E-state index contributed by atoms with van der Waals surface area (Å²) >= 11 is 0. The average Bonchev–Trinajstić information content (AvgIpc) is 2.38. The minimum absolute atomic E-state index is 0.208. The summed E-state index contributed by atoms with van der Waals surface area (Å²) in [5.41, 5.74) is 0.208. The van der Waals surface area contributed by atoms with E-state index in [-0.39, 0.29) is 5.41 Å². The first-order valence-corrected chi connectivity index (χ1v) is 2.93. The molecule has 0 spiro atoms. The van der Waals surface area contributed by atoms with Gasteiger partial charge in [-0.1, -0.05) is 5.92 Å². The lowest BCUT2D eigenvalue weighted by molar-refractivity contribution is 0.157. The van der Waals surface area contributed by atoms with Gasteiger partial charge in [-0.25, -0.2) is 0 Å². The van der Waals surface area contributed by atoms with Gasteiger partial charge in [0.05, 0.1) is 18.6 Å². The molecule has 0 aromatic heterocycles. The van der Waals surface area contributed by atoms with Crippen LogP contribution in [-0.2, 0) is 4.74 Å². The first kappa shape index (κ1) is 4.40. The largest absolute Gasteiger partial charge is 0.380 e. The van der Waals surface area contributed by atoms with Crippen LogP contribution in [0.25, 0.3) is 0 Å². The standard InChI is InChI=1S/C7H8O/c1-2-7-3-6(7)4-8-5-7/h1,6H,3-5H2/t6-,7-/m0/s1. The van der Waals surface area contributed by atoms with Crippen LogP contribution < -0.4 is 0 Å². The van der Waals surface area contributed by atoms with Gasteiger partial charge in [-0.2, -0.15) is 0 Å². The maximum Gasteiger partial charge on any atom is 0.0635 e. The Morgan fingerprint density at radius 1 is 1.75 bits per heavy atom. The summed E-state index contributed by atoms with van der Waals surface area (Å²) in [6, 6.07) is 0. The summed E-state index contributed by atoms with van der Waals surface area (Å²) in [7, 11) is 0. The highest BCUT2D eigenvalue weighted by atomic mass is 16.5. The van der Waals surface area contributed by atoms with Crippen LogP contribution in [0.2, 0.25) is 0 Å². The van der Waals surface area contributed by atoms with Crippen LogP contribution in [0.5, 0.6) is 0 Å². The number of ether oxygens (including phenoxy) is 1. The summed E-state index contributed by atoms with van der Waals surface area (Å²) in [6.07, 6.45) is 6.49. The molecule has 1 nitrogen and oxygen atoms in total. The van der Waals surface area contributed by atoms with Crippen molar-refractivity contribution >= 4 is 0 Å². The fourth-order valence-corrected chi connectivity index (χ4v) is 1.38. The van der Waals surface area contributed by atoms with Crippen LogP contribution in [0.4, 0.5) is 0 Å². The Morgan fingerprint density at radius 3 is 2.88 bits per heavy atom. The lowest BCUT2D eigenvalue weighted by Crippen LogP contribution is -1.99. The zero-order valence-corrected chi connectivity index (χ0v) is 4.68. The molecule has 2 fully saturated rings. The molecule has 0 amide bonds. The van der Waals surface area contributed by atoms with E-state index in [9.17, 15) is 0 Å². The molecule has 0 aromatic rings. The number of hydrogen-bond donors (Lipinski definition) is 0. The first-order chi connectivity index (χ1) is 3.87. The second-order valence-electron chi connectivity index (χ2n) is 2.72. The van der Waals surface area contributed by atoms with Gasteiger partial charge in [0.15, 0.2) is 0 Å². The van der Waals surface area contributed by atoms with E-state index >= 15 is 0 Å². The normalized spacial score (nSPS) is 50.1. The fraction of sp³-hybridized carbons (Fsp3) is 0.714. The van der Waals surface area contributed by atoms with Gasteiger partial charge in [0.2, 0.25) is 0 Å². The van der Waals surface area contributed by atoms with E-state index in [1.165, 1.54) is 6.42 Å². The zero-order valence-electron chi connectivity index (χ0n) is 4.68. The molecule has 0 unspecified atom stereocenters. The second kappa shape index (κ2) is 1.09. The Balaban J connectivity index is 2.22. The highest BCUT2D eigenvalue weighted by Gasteiger charge is 2.57. The van der Waals surface area contributed by atoms with Crippen molar-refractivity contribution in [3.63, 3.8) is 0 Å². The van der Waals surface area contributed by atoms with Gasteiger partial charge in [0.1, 0.15) is 0 Å². The molecule has 2 rings (SSSR count). The Hall–Kier alpha value is -0.480. The number of terminal acetylenes is 1. The predicted octanol–water partition coefficient (Wildman–Crippen LogP) is 0.656. The number of fused-ring (bicyclic) bond motifs is 1. The van der Waals surface area contributed by atoms with Crippen molar-refractivity contribution in [1.29, 1.82) is 0 Å². The van der Waals surface area contributed by atoms with E-state index in [2.05, 4.69) is 5.92 Å². The molecule has 0 radical (unpaired) electrons. The maximum absolute atomic E-state index is 5.28. The molecule has 1 aliphatic carbocycles. The van der Waals surface area contributed by atoms with Crippen LogP contribution >= 0.6 is 0 Å². The average molecular weight is 108 g/mol. The second-order valence-corrected chi connectivity index (χ2v) is 2.72. The van der Waals surface area contributed by atoms with Gasteiger partial charge >= 0.3 is 0 Å². The minimum Gasteiger partial charge on any atom is -0.380 e. The Morgan fingerprint density at radius 2 is 2.62 bits per heavy atom. The smallest absolute Gasteiger partial charge is 0.0635 e. The summed E-state index contributed by atoms with van der Waals surface area (Å²) < 4.78 is 5.16. The summed E-state index contributed by atoms with van der Waals surface area (Å²) in [5.74, 6) is 3.50. The van der Waals surface area contributed by atoms with Gasteiger partial charge in [-0.15, -0.1) is 6.42 Å². The fourth-order valence-electron chi connectivity index (χ4n) is 1.38. The number of hydrogen-bond acceptors (Lipinski definition) is 1. The maximum atomic E-state index is 5.28. The third-order valence-corrected chi connectivity index (χ3v) is 2.20. The Kier molecular flexibility index (Phi) is 0.598. The van der Waals surface area contributed by atoms with Crippen molar-refractivity contribution < 1.29 is 4.74 Å². The van der Waals surface area contributed by atoms with E-state index in [1.807, 2.05) is 0 Å². The molecule has 1 heteroatoms. The van der Waals surface area contributed by atoms with Gasteiger partial charge in [0.25, 0.3) is 0 Å². The van der Waals surface area contributed by atoms with Crippen LogP contribution in [0.3, 0.4) is 0 Å². The molecule has 1 saturated heterocycles. The molecule has 0 N–H and O–H groups in total. The SMILES string of the molecule is C#C[C@]12COC[C@@H]1C2. The molecule has 1 heterocycles. The summed E-state index contributed by atoms with van der Waals surface area (Å²) in [5, 5.41) is 0. The topological polar surface area (TPSA) is 9.23 Å². The molecular weight excluding hydrogens is 100 g/mol. The Labute approximate surface area is 49.0 Å². The first-order valence-electron chi connectivity index (χ1n) is 2.93. The molecule has 0 aromatic carbocycles. The number of rotatable bonds is 0. The molecule has 1 aliphatic heterocycles. The van der Waals surface area contributed by atoms with Crippen LogP contribution in [0.15, 0.2) is 0 Å². The van der Waals surface area contributed by atoms with Gasteiger partial charge in [-0.3, -0.25) is 0 Å². The molecule has 8 heavy (non-hydrogen) atoms. The molecule has 1 saturated carbocycles. The van der Waals surface area contributed by atoms with E-state index in [4.69, 9.17) is 11.2 Å². The van der Waals surface area contributed by atoms with Crippen molar-refractivity contribution in [2.24, 2.45) is 11.3 Å². The Bertz CT molecular complexity index is 156. The van der Waals surface area contributed by atoms with Crippen LogP contribution in [0.1, 0.15) is 6.42 Å². The highest BCUT2D eigenvalue weighted by molar-refractivity contribution is 5.22. The lowest BCUT2D eigenvalue weighted by Gasteiger charge is -1.96. The molecular formula is C7H8O. The zero-order chi connectivity index (χ0) is 5.61. The van der Waals surface area contributed by atoms with Crippen molar-refractivity contribution in [3.05, 3.63) is 0 Å². The summed E-state index contributed by atoms with van der Waals surface area (Å²) in [6.45, 7) is 1.72. The predicted molar refractivity (Wildman–Crippen MR) is 30.2 cm³/mol. The van der Waals surface area contributed by atoms with Crippen molar-refractivity contribution in [2.75, 3.05) is 13.2 Å². The molecule has 0 bridgehead atoms. The monoisotopic (exact) mass is 108 g/mol. The lowest BCUT2D eigenvalue weighted by atomic mass is 10.1. The van der Waals surface area contributed by atoms with Gasteiger partial charge in [-0.05, 0) is 6.42 Å². The molecule has 2 aliphatic rings. The van der Waals surface area contributed by atoms with Gasteiger partial charge in [0, 0.05) is 5.92 Å². The van der Waals surface area contributed by atoms with E-state index in [0.29, 0.717) is 5.92 Å². The van der Waals surface area contributed by atoms with E-state index < -0.39 is 0 Å². The van der Waals surface area contributed by atoms with E-state index in [0.717, 1.165) is 13.2 Å². The van der Waals surface area contributed by atoms with Crippen LogP contribution in [-0.4, -0.2) is 13.2 Å². The third kappa shape index (κ3) is 0.329. The molecule has 42 valence electrons. The highest BCUT2D eigenvalue weighted by Crippen LogP contribution is 2.56.